The molecule has 0 aliphatic heterocycles. The first-order valence-corrected chi connectivity index (χ1v) is 8.20. The summed E-state index contributed by atoms with van der Waals surface area (Å²) in [5.41, 5.74) is 7.05. The highest BCUT2D eigenvalue weighted by atomic mass is 16.1. The summed E-state index contributed by atoms with van der Waals surface area (Å²) in [6.45, 7) is 0. The van der Waals surface area contributed by atoms with Crippen molar-refractivity contribution in [2.45, 2.75) is 44.6 Å². The summed E-state index contributed by atoms with van der Waals surface area (Å²) in [4.78, 5) is 16.4. The Morgan fingerprint density at radius 3 is 2.90 bits per heavy atom. The Hall–Kier alpha value is -1.58. The maximum atomic E-state index is 12.2. The van der Waals surface area contributed by atoms with Gasteiger partial charge in [-0.15, -0.1) is 0 Å². The van der Waals surface area contributed by atoms with Gasteiger partial charge in [-0.25, -0.2) is 0 Å². The van der Waals surface area contributed by atoms with Crippen LogP contribution >= 0.6 is 0 Å². The van der Waals surface area contributed by atoms with E-state index in [1.54, 1.807) is 12.3 Å². The topological polar surface area (TPSA) is 68.0 Å². The molecule has 4 heteroatoms. The maximum absolute atomic E-state index is 12.2. The number of hydrogen-bond acceptors (Lipinski definition) is 3. The molecule has 3 aliphatic carbocycles. The minimum absolute atomic E-state index is 0.111. The van der Waals surface area contributed by atoms with Crippen molar-refractivity contribution in [3.8, 4) is 0 Å². The lowest BCUT2D eigenvalue weighted by atomic mass is 9.79. The summed E-state index contributed by atoms with van der Waals surface area (Å²) in [6.07, 6.45) is 8.75. The molecule has 1 amide bonds. The van der Waals surface area contributed by atoms with Gasteiger partial charge in [-0.2, -0.15) is 0 Å². The molecule has 0 radical (unpaired) electrons. The van der Waals surface area contributed by atoms with E-state index in [1.165, 1.54) is 32.1 Å². The molecule has 1 heterocycles. The Balaban J connectivity index is 1.36. The van der Waals surface area contributed by atoms with Crippen LogP contribution in [0.1, 0.15) is 37.8 Å². The highest BCUT2D eigenvalue weighted by Gasteiger charge is 2.53. The average Bonchev–Trinajstić information content (AvgIpc) is 3.13. The molecule has 0 aromatic carbocycles. The Bertz CT molecular complexity index is 541. The van der Waals surface area contributed by atoms with Crippen LogP contribution in [-0.2, 0) is 11.2 Å². The molecule has 21 heavy (non-hydrogen) atoms. The number of anilines is 1. The van der Waals surface area contributed by atoms with Crippen LogP contribution in [0.25, 0.3) is 0 Å². The maximum Gasteiger partial charge on any atom is 0.226 e. The van der Waals surface area contributed by atoms with Crippen molar-refractivity contribution in [1.29, 1.82) is 0 Å². The number of nitrogens with zero attached hydrogens (tertiary/aromatic N) is 1. The van der Waals surface area contributed by atoms with Gasteiger partial charge in [-0.05, 0) is 61.5 Å². The van der Waals surface area contributed by atoms with Gasteiger partial charge < -0.3 is 11.1 Å². The zero-order chi connectivity index (χ0) is 14.4. The van der Waals surface area contributed by atoms with Crippen LogP contribution in [0.2, 0.25) is 0 Å². The van der Waals surface area contributed by atoms with Gasteiger partial charge in [0.25, 0.3) is 0 Å². The van der Waals surface area contributed by atoms with Gasteiger partial charge in [0.05, 0.1) is 18.3 Å². The van der Waals surface area contributed by atoms with E-state index in [0.717, 1.165) is 29.4 Å². The first-order chi connectivity index (χ1) is 10.2. The van der Waals surface area contributed by atoms with Crippen LogP contribution in [0.4, 0.5) is 5.69 Å². The highest BCUT2D eigenvalue weighted by Crippen LogP contribution is 2.58. The van der Waals surface area contributed by atoms with Crippen molar-refractivity contribution in [3.05, 3.63) is 24.0 Å². The molecule has 5 atom stereocenters. The fraction of sp³-hybridized carbons (Fsp3) is 0.647. The zero-order valence-electron chi connectivity index (χ0n) is 12.3. The summed E-state index contributed by atoms with van der Waals surface area (Å²) in [5, 5.41) is 3.28. The molecule has 0 saturated heterocycles. The van der Waals surface area contributed by atoms with E-state index in [2.05, 4.69) is 10.3 Å². The number of nitrogens with one attached hydrogen (secondary N) is 1. The first kappa shape index (κ1) is 13.1. The van der Waals surface area contributed by atoms with Crippen LogP contribution in [0, 0.1) is 23.7 Å². The number of nitrogens with two attached hydrogens (primary N) is 1. The monoisotopic (exact) mass is 285 g/mol. The number of aromatic nitrogens is 1. The van der Waals surface area contributed by atoms with Crippen LogP contribution in [0.3, 0.4) is 0 Å². The summed E-state index contributed by atoms with van der Waals surface area (Å²) in [6, 6.07) is 4.05. The van der Waals surface area contributed by atoms with Crippen molar-refractivity contribution >= 4 is 11.6 Å². The Labute approximate surface area is 125 Å². The number of hydrogen-bond donors (Lipinski definition) is 2. The van der Waals surface area contributed by atoms with E-state index in [9.17, 15) is 4.79 Å². The highest BCUT2D eigenvalue weighted by molar-refractivity contribution is 5.78. The predicted molar refractivity (Wildman–Crippen MR) is 81.3 cm³/mol. The molecule has 5 unspecified atom stereocenters. The molecule has 3 aliphatic rings. The smallest absolute Gasteiger partial charge is 0.226 e. The third-order valence-corrected chi connectivity index (χ3v) is 5.96. The molecular formula is C17H23N3O. The molecule has 4 rings (SSSR count). The number of amides is 1. The van der Waals surface area contributed by atoms with E-state index < -0.39 is 0 Å². The second-order valence-electron chi connectivity index (χ2n) is 7.09. The van der Waals surface area contributed by atoms with Gasteiger partial charge in [0, 0.05) is 11.7 Å². The van der Waals surface area contributed by atoms with Crippen molar-refractivity contribution in [2.24, 2.45) is 23.7 Å². The first-order valence-electron chi connectivity index (χ1n) is 8.20. The van der Waals surface area contributed by atoms with Gasteiger partial charge in [0.15, 0.2) is 0 Å². The van der Waals surface area contributed by atoms with Crippen LogP contribution in [-0.4, -0.2) is 16.9 Å². The Morgan fingerprint density at radius 1 is 1.24 bits per heavy atom. The van der Waals surface area contributed by atoms with Gasteiger partial charge in [-0.1, -0.05) is 6.42 Å². The number of carbonyl (C=O) groups excluding carboxylic acids is 1. The summed E-state index contributed by atoms with van der Waals surface area (Å²) in [5.74, 6) is 3.60. The number of fused-ring (bicyclic) bond motifs is 5. The summed E-state index contributed by atoms with van der Waals surface area (Å²) in [7, 11) is 0. The molecule has 4 nitrogen and oxygen atoms in total. The van der Waals surface area contributed by atoms with E-state index in [-0.39, 0.29) is 5.91 Å². The molecule has 2 bridgehead atoms. The third kappa shape index (κ3) is 2.30. The van der Waals surface area contributed by atoms with Crippen molar-refractivity contribution in [2.75, 3.05) is 5.73 Å². The van der Waals surface area contributed by atoms with E-state index in [0.29, 0.717) is 18.2 Å². The standard InChI is InChI=1S/C17H23N3O/c18-11-4-5-12(19-9-11)8-17(21)20-16-7-10-6-15(16)14-3-1-2-13(10)14/h4-5,9-10,13-16H,1-3,6-8,18H2,(H,20,21). The SMILES string of the molecule is Nc1ccc(CC(=O)NC2CC3CC2C2CCCC32)nc1. The van der Waals surface area contributed by atoms with Crippen molar-refractivity contribution in [3.63, 3.8) is 0 Å². The molecule has 3 fully saturated rings. The molecule has 112 valence electrons. The predicted octanol–water partition coefficient (Wildman–Crippen LogP) is 2.15. The van der Waals surface area contributed by atoms with E-state index in [4.69, 9.17) is 5.73 Å². The summed E-state index contributed by atoms with van der Waals surface area (Å²) >= 11 is 0. The number of nitrogen functional groups attached to an aromatic ring is 1. The average molecular weight is 285 g/mol. The number of carbonyl (C=O) groups is 1. The van der Waals surface area contributed by atoms with Gasteiger partial charge in [0.2, 0.25) is 5.91 Å². The Kier molecular flexibility index (Phi) is 3.12. The lowest BCUT2D eigenvalue weighted by Gasteiger charge is -2.32. The molecular weight excluding hydrogens is 262 g/mol. The second kappa shape index (κ2) is 5.00. The molecule has 3 N–H and O–H groups in total. The molecule has 1 aromatic heterocycles. The van der Waals surface area contributed by atoms with Gasteiger partial charge in [-0.3, -0.25) is 9.78 Å². The normalized spacial score (nSPS) is 36.7. The lowest BCUT2D eigenvalue weighted by Crippen LogP contribution is -2.43. The second-order valence-corrected chi connectivity index (χ2v) is 7.09. The minimum atomic E-state index is 0.111. The molecule has 0 spiro atoms. The Morgan fingerprint density at radius 2 is 2.10 bits per heavy atom. The van der Waals surface area contributed by atoms with Gasteiger partial charge >= 0.3 is 0 Å². The quantitative estimate of drug-likeness (QED) is 0.894. The van der Waals surface area contributed by atoms with Crippen LogP contribution in [0.5, 0.6) is 0 Å². The van der Waals surface area contributed by atoms with E-state index in [1.807, 2.05) is 6.07 Å². The molecule has 3 saturated carbocycles. The largest absolute Gasteiger partial charge is 0.397 e. The van der Waals surface area contributed by atoms with Crippen molar-refractivity contribution < 1.29 is 4.79 Å². The molecule has 1 aromatic rings. The fourth-order valence-electron chi connectivity index (χ4n) is 5.20. The van der Waals surface area contributed by atoms with Crippen molar-refractivity contribution in [1.82, 2.24) is 10.3 Å². The third-order valence-electron chi connectivity index (χ3n) is 5.96. The zero-order valence-corrected chi connectivity index (χ0v) is 12.3. The van der Waals surface area contributed by atoms with E-state index >= 15 is 0 Å². The van der Waals surface area contributed by atoms with Crippen LogP contribution in [0.15, 0.2) is 18.3 Å². The number of rotatable bonds is 3. The van der Waals surface area contributed by atoms with Crippen LogP contribution < -0.4 is 11.1 Å². The number of pyridine rings is 1. The summed E-state index contributed by atoms with van der Waals surface area (Å²) < 4.78 is 0. The lowest BCUT2D eigenvalue weighted by molar-refractivity contribution is -0.121. The fourth-order valence-corrected chi connectivity index (χ4v) is 5.20. The minimum Gasteiger partial charge on any atom is -0.397 e. The van der Waals surface area contributed by atoms with Gasteiger partial charge in [0.1, 0.15) is 0 Å².